The second kappa shape index (κ2) is 7.36. The summed E-state index contributed by atoms with van der Waals surface area (Å²) in [5, 5.41) is 0. The van der Waals surface area contributed by atoms with Crippen molar-refractivity contribution in [3.05, 3.63) is 47.0 Å². The number of unbranched alkanes of at least 4 members (excludes halogenated alkanes) is 1. The van der Waals surface area contributed by atoms with Crippen molar-refractivity contribution in [2.24, 2.45) is 0 Å². The Morgan fingerprint density at radius 1 is 1.50 bits per heavy atom. The quantitative estimate of drug-likeness (QED) is 0.434. The number of allylic oxidation sites excluding steroid dienone is 1. The summed E-state index contributed by atoms with van der Waals surface area (Å²) >= 11 is 3.33. The number of benzene rings is 1. The van der Waals surface area contributed by atoms with E-state index in [0.29, 0.717) is 12.2 Å². The minimum absolute atomic E-state index is 0.0138. The fourth-order valence-corrected chi connectivity index (χ4v) is 1.64. The summed E-state index contributed by atoms with van der Waals surface area (Å²) in [5.41, 5.74) is 0.679. The highest BCUT2D eigenvalue weighted by molar-refractivity contribution is 9.10. The smallest absolute Gasteiger partial charge is 0.188 e. The van der Waals surface area contributed by atoms with Gasteiger partial charge in [-0.2, -0.15) is 0 Å². The van der Waals surface area contributed by atoms with Crippen LogP contribution < -0.4 is 0 Å². The van der Waals surface area contributed by atoms with Gasteiger partial charge in [0, 0.05) is 16.6 Å². The number of rotatable bonds is 7. The molecular weight excluding hydrogens is 268 g/mol. The maximum atomic E-state index is 11.7. The minimum Gasteiger partial charge on any atom is -0.373 e. The normalized spacial score (nSPS) is 10.1. The highest BCUT2D eigenvalue weighted by atomic mass is 79.9. The van der Waals surface area contributed by atoms with E-state index in [9.17, 15) is 4.79 Å². The molecule has 3 heteroatoms. The van der Waals surface area contributed by atoms with Crippen LogP contribution in [0.1, 0.15) is 23.2 Å². The summed E-state index contributed by atoms with van der Waals surface area (Å²) in [6.07, 6.45) is 3.68. The monoisotopic (exact) mass is 282 g/mol. The highest BCUT2D eigenvalue weighted by Crippen LogP contribution is 2.12. The number of Topliss-reactive ketones (excluding diaryl/α,β-unsaturated/α-hetero) is 1. The molecule has 0 aliphatic rings. The summed E-state index contributed by atoms with van der Waals surface area (Å²) in [4.78, 5) is 11.7. The predicted molar refractivity (Wildman–Crippen MR) is 68.7 cm³/mol. The zero-order valence-electron chi connectivity index (χ0n) is 9.12. The van der Waals surface area contributed by atoms with Gasteiger partial charge in [-0.3, -0.25) is 4.79 Å². The van der Waals surface area contributed by atoms with Gasteiger partial charge >= 0.3 is 0 Å². The van der Waals surface area contributed by atoms with Crippen LogP contribution in [0.2, 0.25) is 0 Å². The van der Waals surface area contributed by atoms with E-state index < -0.39 is 0 Å². The van der Waals surface area contributed by atoms with E-state index in [4.69, 9.17) is 4.74 Å². The van der Waals surface area contributed by atoms with Gasteiger partial charge < -0.3 is 4.74 Å². The summed E-state index contributed by atoms with van der Waals surface area (Å²) in [6.45, 7) is 4.37. The van der Waals surface area contributed by atoms with Crippen molar-refractivity contribution >= 4 is 21.7 Å². The van der Waals surface area contributed by atoms with E-state index in [1.807, 2.05) is 18.2 Å². The van der Waals surface area contributed by atoms with Crippen LogP contribution in [0.5, 0.6) is 0 Å². The van der Waals surface area contributed by atoms with Gasteiger partial charge in [0.25, 0.3) is 0 Å². The fourth-order valence-electron chi connectivity index (χ4n) is 1.24. The predicted octanol–water partition coefficient (Wildman–Crippen LogP) is 3.61. The van der Waals surface area contributed by atoms with Crippen molar-refractivity contribution < 1.29 is 9.53 Å². The van der Waals surface area contributed by atoms with Gasteiger partial charge in [-0.25, -0.2) is 0 Å². The van der Waals surface area contributed by atoms with Crippen molar-refractivity contribution in [1.82, 2.24) is 0 Å². The third-order valence-corrected chi connectivity index (χ3v) is 2.57. The van der Waals surface area contributed by atoms with Crippen molar-refractivity contribution in [1.29, 1.82) is 0 Å². The van der Waals surface area contributed by atoms with Crippen LogP contribution >= 0.6 is 15.9 Å². The Balaban J connectivity index is 2.32. The molecule has 0 spiro atoms. The first kappa shape index (κ1) is 13.1. The molecule has 16 heavy (non-hydrogen) atoms. The van der Waals surface area contributed by atoms with Crippen LogP contribution in [-0.2, 0) is 4.74 Å². The van der Waals surface area contributed by atoms with E-state index >= 15 is 0 Å². The molecule has 2 nitrogen and oxygen atoms in total. The number of ketones is 1. The Morgan fingerprint density at radius 2 is 2.31 bits per heavy atom. The van der Waals surface area contributed by atoms with Crippen LogP contribution in [0.4, 0.5) is 0 Å². The van der Waals surface area contributed by atoms with Crippen LogP contribution in [0, 0.1) is 0 Å². The van der Waals surface area contributed by atoms with Gasteiger partial charge in [0.1, 0.15) is 6.61 Å². The molecular formula is C13H15BrO2. The van der Waals surface area contributed by atoms with E-state index in [0.717, 1.165) is 17.3 Å². The molecule has 0 unspecified atom stereocenters. The van der Waals surface area contributed by atoms with Crippen molar-refractivity contribution in [2.75, 3.05) is 13.2 Å². The van der Waals surface area contributed by atoms with Gasteiger partial charge in [0.15, 0.2) is 5.78 Å². The topological polar surface area (TPSA) is 26.3 Å². The zero-order valence-corrected chi connectivity index (χ0v) is 10.7. The highest BCUT2D eigenvalue weighted by Gasteiger charge is 2.05. The first-order chi connectivity index (χ1) is 7.74. The molecule has 0 atom stereocenters. The van der Waals surface area contributed by atoms with Gasteiger partial charge in [-0.15, -0.1) is 6.58 Å². The van der Waals surface area contributed by atoms with Gasteiger partial charge in [0.2, 0.25) is 0 Å². The Kier molecular flexibility index (Phi) is 6.04. The molecule has 0 radical (unpaired) electrons. The first-order valence-electron chi connectivity index (χ1n) is 5.21. The Hall–Kier alpha value is -0.930. The van der Waals surface area contributed by atoms with E-state index in [1.165, 1.54) is 0 Å². The average Bonchev–Trinajstić information content (AvgIpc) is 2.28. The molecule has 1 aromatic rings. The molecule has 0 aliphatic carbocycles. The number of hydrogen-bond donors (Lipinski definition) is 0. The molecule has 0 amide bonds. The van der Waals surface area contributed by atoms with Crippen LogP contribution in [0.15, 0.2) is 41.4 Å². The lowest BCUT2D eigenvalue weighted by Crippen LogP contribution is -2.09. The Bertz CT molecular complexity index is 361. The van der Waals surface area contributed by atoms with E-state index in [-0.39, 0.29) is 12.4 Å². The Labute approximate surface area is 104 Å². The van der Waals surface area contributed by atoms with Crippen LogP contribution in [-0.4, -0.2) is 19.0 Å². The third kappa shape index (κ3) is 4.73. The third-order valence-electron chi connectivity index (χ3n) is 2.08. The molecule has 86 valence electrons. The molecule has 0 fully saturated rings. The maximum absolute atomic E-state index is 11.7. The molecule has 0 heterocycles. The SMILES string of the molecule is C=CCCCOCC(=O)c1cccc(Br)c1. The summed E-state index contributed by atoms with van der Waals surface area (Å²) in [6, 6.07) is 7.33. The van der Waals surface area contributed by atoms with Gasteiger partial charge in [-0.05, 0) is 25.0 Å². The van der Waals surface area contributed by atoms with Crippen LogP contribution in [0.3, 0.4) is 0 Å². The minimum atomic E-state index is 0.0138. The lowest BCUT2D eigenvalue weighted by Gasteiger charge is -2.03. The molecule has 0 aliphatic heterocycles. The molecule has 0 aromatic heterocycles. The summed E-state index contributed by atoms with van der Waals surface area (Å²) in [5.74, 6) is 0.0138. The molecule has 0 N–H and O–H groups in total. The van der Waals surface area contributed by atoms with Crippen LogP contribution in [0.25, 0.3) is 0 Å². The largest absolute Gasteiger partial charge is 0.373 e. The molecule has 1 rings (SSSR count). The van der Waals surface area contributed by atoms with E-state index in [1.54, 1.807) is 12.1 Å². The van der Waals surface area contributed by atoms with Crippen molar-refractivity contribution in [3.63, 3.8) is 0 Å². The number of carbonyl (C=O) groups is 1. The molecule has 0 saturated carbocycles. The Morgan fingerprint density at radius 3 is 3.00 bits per heavy atom. The fraction of sp³-hybridized carbons (Fsp3) is 0.308. The number of ether oxygens (including phenoxy) is 1. The van der Waals surface area contributed by atoms with Crippen molar-refractivity contribution in [2.45, 2.75) is 12.8 Å². The summed E-state index contributed by atoms with van der Waals surface area (Å²) in [7, 11) is 0. The molecule has 0 bridgehead atoms. The average molecular weight is 283 g/mol. The molecule has 1 aromatic carbocycles. The van der Waals surface area contributed by atoms with Crippen molar-refractivity contribution in [3.8, 4) is 0 Å². The maximum Gasteiger partial charge on any atom is 0.188 e. The lowest BCUT2D eigenvalue weighted by molar-refractivity contribution is 0.0757. The standard InChI is InChI=1S/C13H15BrO2/c1-2-3-4-8-16-10-13(15)11-6-5-7-12(14)9-11/h2,5-7,9H,1,3-4,8,10H2. The van der Waals surface area contributed by atoms with Gasteiger partial charge in [-0.1, -0.05) is 34.1 Å². The first-order valence-corrected chi connectivity index (χ1v) is 6.00. The number of carbonyl (C=O) groups excluding carboxylic acids is 1. The van der Waals surface area contributed by atoms with Gasteiger partial charge in [0.05, 0.1) is 0 Å². The molecule has 0 saturated heterocycles. The zero-order chi connectivity index (χ0) is 11.8. The summed E-state index contributed by atoms with van der Waals surface area (Å²) < 4.78 is 6.19. The van der Waals surface area contributed by atoms with E-state index in [2.05, 4.69) is 22.5 Å². The number of halogens is 1. The number of hydrogen-bond acceptors (Lipinski definition) is 2. The second-order valence-electron chi connectivity index (χ2n) is 3.42. The lowest BCUT2D eigenvalue weighted by atomic mass is 10.1. The second-order valence-corrected chi connectivity index (χ2v) is 4.33.